The van der Waals surface area contributed by atoms with Crippen molar-refractivity contribution in [2.75, 3.05) is 25.5 Å². The highest BCUT2D eigenvalue weighted by molar-refractivity contribution is 6.31. The molecule has 0 saturated carbocycles. The van der Waals surface area contributed by atoms with E-state index in [0.29, 0.717) is 17.0 Å². The Kier molecular flexibility index (Phi) is 6.46. The highest BCUT2D eigenvalue weighted by Crippen LogP contribution is 2.32. The van der Waals surface area contributed by atoms with Gasteiger partial charge in [0.15, 0.2) is 0 Å². The molecule has 160 valence electrons. The lowest BCUT2D eigenvalue weighted by Gasteiger charge is -2.34. The average molecular weight is 429 g/mol. The summed E-state index contributed by atoms with van der Waals surface area (Å²) in [6, 6.07) is 14.4. The number of rotatable bonds is 4. The number of benzene rings is 2. The summed E-state index contributed by atoms with van der Waals surface area (Å²) in [4.78, 5) is 14.6. The lowest BCUT2D eigenvalue weighted by atomic mass is 9.86. The smallest absolute Gasteiger partial charge is 0.321 e. The van der Waals surface area contributed by atoms with Crippen LogP contribution in [0.15, 0.2) is 42.5 Å². The van der Waals surface area contributed by atoms with E-state index in [9.17, 15) is 4.79 Å². The second kappa shape index (κ2) is 9.25. The molecular weight excluding hydrogens is 400 g/mol. The van der Waals surface area contributed by atoms with Crippen molar-refractivity contribution in [3.63, 3.8) is 0 Å². The summed E-state index contributed by atoms with van der Waals surface area (Å²) in [5.41, 5.74) is 9.94. The van der Waals surface area contributed by atoms with Gasteiger partial charge in [-0.1, -0.05) is 29.8 Å². The van der Waals surface area contributed by atoms with E-state index in [2.05, 4.69) is 28.3 Å². The van der Waals surface area contributed by atoms with Gasteiger partial charge >= 0.3 is 6.03 Å². The number of anilines is 1. The zero-order valence-corrected chi connectivity index (χ0v) is 18.2. The summed E-state index contributed by atoms with van der Waals surface area (Å²) < 4.78 is 5.35. The molecule has 2 aliphatic rings. The number of nitrogens with one attached hydrogen (secondary N) is 3. The standard InChI is InChI=1S/C23H29ClN4O2/c1-15-6-7-18(24)13-20(15)25-23(29)28-10-8-16(9-11-28)21-14-22(27-26-21)17-4-3-5-19(12-17)30-2/h3-7,12-13,16,21-22,26-27H,8-11,14H2,1-2H3,(H,25,29). The van der Waals surface area contributed by atoms with Gasteiger partial charge in [-0.2, -0.15) is 0 Å². The molecule has 0 aromatic heterocycles. The lowest BCUT2D eigenvalue weighted by Crippen LogP contribution is -2.45. The number of halogens is 1. The van der Waals surface area contributed by atoms with Crippen molar-refractivity contribution in [3.8, 4) is 5.75 Å². The van der Waals surface area contributed by atoms with E-state index in [4.69, 9.17) is 16.3 Å². The average Bonchev–Trinajstić information content (AvgIpc) is 3.27. The first-order chi connectivity index (χ1) is 14.5. The quantitative estimate of drug-likeness (QED) is 0.670. The third-order valence-electron chi connectivity index (χ3n) is 6.27. The number of likely N-dealkylation sites (tertiary alicyclic amines) is 1. The van der Waals surface area contributed by atoms with Gasteiger partial charge in [-0.3, -0.25) is 10.9 Å². The summed E-state index contributed by atoms with van der Waals surface area (Å²) in [6.07, 6.45) is 3.02. The Morgan fingerprint density at radius 1 is 1.17 bits per heavy atom. The Morgan fingerprint density at radius 2 is 1.97 bits per heavy atom. The van der Waals surface area contributed by atoms with Crippen LogP contribution >= 0.6 is 11.6 Å². The van der Waals surface area contributed by atoms with Crippen LogP contribution in [0, 0.1) is 12.8 Å². The molecule has 2 amide bonds. The van der Waals surface area contributed by atoms with Crippen LogP contribution in [0.4, 0.5) is 10.5 Å². The maximum Gasteiger partial charge on any atom is 0.321 e. The molecule has 2 aliphatic heterocycles. The van der Waals surface area contributed by atoms with Crippen molar-refractivity contribution >= 4 is 23.3 Å². The molecule has 3 N–H and O–H groups in total. The van der Waals surface area contributed by atoms with Gasteiger partial charge in [-0.15, -0.1) is 0 Å². The van der Waals surface area contributed by atoms with Crippen LogP contribution in [0.2, 0.25) is 5.02 Å². The molecular formula is C23H29ClN4O2. The number of aryl methyl sites for hydroxylation is 1. The molecule has 2 atom stereocenters. The maximum atomic E-state index is 12.7. The number of hydrazine groups is 1. The molecule has 7 heteroatoms. The molecule has 6 nitrogen and oxygen atoms in total. The molecule has 0 spiro atoms. The Balaban J connectivity index is 1.29. The fraction of sp³-hybridized carbons (Fsp3) is 0.435. The Bertz CT molecular complexity index is 899. The van der Waals surface area contributed by atoms with Crippen molar-refractivity contribution < 1.29 is 9.53 Å². The zero-order chi connectivity index (χ0) is 21.1. The molecule has 2 saturated heterocycles. The monoisotopic (exact) mass is 428 g/mol. The van der Waals surface area contributed by atoms with Crippen LogP contribution in [0.25, 0.3) is 0 Å². The molecule has 0 aliphatic carbocycles. The third-order valence-corrected chi connectivity index (χ3v) is 6.50. The molecule has 30 heavy (non-hydrogen) atoms. The van der Waals surface area contributed by atoms with Gasteiger partial charge in [-0.25, -0.2) is 4.79 Å². The van der Waals surface area contributed by atoms with E-state index in [1.807, 2.05) is 36.1 Å². The predicted molar refractivity (Wildman–Crippen MR) is 120 cm³/mol. The van der Waals surface area contributed by atoms with E-state index in [-0.39, 0.29) is 12.1 Å². The summed E-state index contributed by atoms with van der Waals surface area (Å²) in [7, 11) is 1.69. The summed E-state index contributed by atoms with van der Waals surface area (Å²) in [6.45, 7) is 3.49. The fourth-order valence-corrected chi connectivity index (χ4v) is 4.57. The number of piperidine rings is 1. The minimum Gasteiger partial charge on any atom is -0.497 e. The second-order valence-electron chi connectivity index (χ2n) is 8.17. The summed E-state index contributed by atoms with van der Waals surface area (Å²) in [5.74, 6) is 1.43. The van der Waals surface area contributed by atoms with Crippen LogP contribution < -0.4 is 20.9 Å². The molecule has 2 unspecified atom stereocenters. The number of ether oxygens (including phenoxy) is 1. The number of hydrogen-bond acceptors (Lipinski definition) is 4. The maximum absolute atomic E-state index is 12.7. The van der Waals surface area contributed by atoms with Crippen molar-refractivity contribution in [1.82, 2.24) is 15.8 Å². The number of hydrogen-bond donors (Lipinski definition) is 3. The van der Waals surface area contributed by atoms with Gasteiger partial charge in [0.05, 0.1) is 7.11 Å². The van der Waals surface area contributed by atoms with Gasteiger partial charge in [0.2, 0.25) is 0 Å². The lowest BCUT2D eigenvalue weighted by molar-refractivity contribution is 0.169. The van der Waals surface area contributed by atoms with Gasteiger partial charge < -0.3 is 15.0 Å². The molecule has 0 bridgehead atoms. The van der Waals surface area contributed by atoms with E-state index in [0.717, 1.165) is 49.4 Å². The summed E-state index contributed by atoms with van der Waals surface area (Å²) >= 11 is 6.07. The van der Waals surface area contributed by atoms with E-state index in [1.54, 1.807) is 13.2 Å². The first-order valence-electron chi connectivity index (χ1n) is 10.5. The van der Waals surface area contributed by atoms with Crippen LogP contribution in [0.1, 0.15) is 36.4 Å². The minimum absolute atomic E-state index is 0.0504. The largest absolute Gasteiger partial charge is 0.497 e. The SMILES string of the molecule is COc1cccc(C2CC(C3CCN(C(=O)Nc4cc(Cl)ccc4C)CC3)NN2)c1. The first kappa shape index (κ1) is 21.0. The summed E-state index contributed by atoms with van der Waals surface area (Å²) in [5, 5.41) is 3.63. The van der Waals surface area contributed by atoms with Crippen LogP contribution in [-0.4, -0.2) is 37.2 Å². The van der Waals surface area contributed by atoms with Crippen molar-refractivity contribution in [3.05, 3.63) is 58.6 Å². The predicted octanol–water partition coefficient (Wildman–Crippen LogP) is 4.51. The Labute approximate surface area is 182 Å². The third kappa shape index (κ3) is 4.72. The number of methoxy groups -OCH3 is 1. The minimum atomic E-state index is -0.0504. The van der Waals surface area contributed by atoms with Crippen LogP contribution in [-0.2, 0) is 0 Å². The Morgan fingerprint density at radius 3 is 2.73 bits per heavy atom. The van der Waals surface area contributed by atoms with Gasteiger partial charge in [-0.05, 0) is 67.5 Å². The fourth-order valence-electron chi connectivity index (χ4n) is 4.40. The van der Waals surface area contributed by atoms with E-state index in [1.165, 1.54) is 5.56 Å². The van der Waals surface area contributed by atoms with E-state index >= 15 is 0 Å². The second-order valence-corrected chi connectivity index (χ2v) is 8.61. The topological polar surface area (TPSA) is 65.6 Å². The van der Waals surface area contributed by atoms with Gasteiger partial charge in [0.25, 0.3) is 0 Å². The first-order valence-corrected chi connectivity index (χ1v) is 10.9. The molecule has 2 heterocycles. The van der Waals surface area contributed by atoms with Gasteiger partial charge in [0, 0.05) is 35.9 Å². The number of urea groups is 1. The van der Waals surface area contributed by atoms with Crippen molar-refractivity contribution in [2.24, 2.45) is 5.92 Å². The van der Waals surface area contributed by atoms with Crippen molar-refractivity contribution in [2.45, 2.75) is 38.3 Å². The molecule has 0 radical (unpaired) electrons. The number of carbonyl (C=O) groups excluding carboxylic acids is 1. The molecule has 2 aromatic carbocycles. The normalized spacial score (nSPS) is 22.2. The van der Waals surface area contributed by atoms with Crippen LogP contribution in [0.5, 0.6) is 5.75 Å². The molecule has 2 fully saturated rings. The molecule has 4 rings (SSSR count). The number of amides is 2. The van der Waals surface area contributed by atoms with Crippen LogP contribution in [0.3, 0.4) is 0 Å². The number of nitrogens with zero attached hydrogens (tertiary/aromatic N) is 1. The molecule has 2 aromatic rings. The number of carbonyl (C=O) groups is 1. The highest BCUT2D eigenvalue weighted by Gasteiger charge is 2.34. The zero-order valence-electron chi connectivity index (χ0n) is 17.5. The Hall–Kier alpha value is -2.28. The van der Waals surface area contributed by atoms with E-state index < -0.39 is 0 Å². The highest BCUT2D eigenvalue weighted by atomic mass is 35.5. The van der Waals surface area contributed by atoms with Crippen molar-refractivity contribution in [1.29, 1.82) is 0 Å². The van der Waals surface area contributed by atoms with Gasteiger partial charge in [0.1, 0.15) is 5.75 Å².